The summed E-state index contributed by atoms with van der Waals surface area (Å²) in [5.41, 5.74) is 4.79. The first-order valence-electron chi connectivity index (χ1n) is 11.6. The maximum atomic E-state index is 13.0. The predicted octanol–water partition coefficient (Wildman–Crippen LogP) is 3.19. The predicted molar refractivity (Wildman–Crippen MR) is 125 cm³/mol. The first-order chi connectivity index (χ1) is 16.0. The van der Waals surface area contributed by atoms with E-state index < -0.39 is 24.0 Å². The number of carbonyl (C=O) groups is 3. The number of hydrogen-bond acceptors (Lipinski definition) is 5. The molecular formula is C26H28N4O3. The number of allylic oxidation sites excluding steroid dienone is 2. The molecule has 7 heteroatoms. The van der Waals surface area contributed by atoms with E-state index in [0.29, 0.717) is 12.0 Å². The lowest BCUT2D eigenvalue weighted by molar-refractivity contribution is -0.127. The van der Waals surface area contributed by atoms with Crippen molar-refractivity contribution < 1.29 is 14.4 Å². The Morgan fingerprint density at radius 3 is 2.42 bits per heavy atom. The lowest BCUT2D eigenvalue weighted by Crippen LogP contribution is -2.66. The van der Waals surface area contributed by atoms with E-state index in [2.05, 4.69) is 52.0 Å². The normalized spacial score (nSPS) is 24.3. The molecule has 3 aliphatic rings. The van der Waals surface area contributed by atoms with Gasteiger partial charge in [0.2, 0.25) is 5.91 Å². The largest absolute Gasteiger partial charge is 0.368 e. The Morgan fingerprint density at radius 1 is 0.939 bits per heavy atom. The summed E-state index contributed by atoms with van der Waals surface area (Å²) < 4.78 is 0. The Labute approximate surface area is 193 Å². The quantitative estimate of drug-likeness (QED) is 0.659. The molecule has 33 heavy (non-hydrogen) atoms. The van der Waals surface area contributed by atoms with Crippen LogP contribution < -0.4 is 20.9 Å². The van der Waals surface area contributed by atoms with Crippen LogP contribution in [0, 0.1) is 5.92 Å². The van der Waals surface area contributed by atoms with Gasteiger partial charge in [-0.2, -0.15) is 0 Å². The van der Waals surface area contributed by atoms with Crippen molar-refractivity contribution in [3.63, 3.8) is 0 Å². The van der Waals surface area contributed by atoms with Crippen LogP contribution in [0.4, 0.5) is 10.5 Å². The van der Waals surface area contributed by atoms with E-state index in [-0.39, 0.29) is 11.7 Å². The molecule has 3 atom stereocenters. The van der Waals surface area contributed by atoms with E-state index >= 15 is 0 Å². The van der Waals surface area contributed by atoms with Crippen LogP contribution >= 0.6 is 0 Å². The SMILES string of the molecule is CCN(Cc1ccccc1)c1ccc(C2C3=C(CCCC3=O)NC3NC(=O)NC(=O)C32)cc1. The number of Topliss-reactive ketones (excluding diaryl/α,β-unsaturated/α-hetero) is 1. The third-order valence-electron chi connectivity index (χ3n) is 6.86. The summed E-state index contributed by atoms with van der Waals surface area (Å²) in [4.78, 5) is 40.0. The van der Waals surface area contributed by atoms with E-state index in [4.69, 9.17) is 0 Å². The zero-order chi connectivity index (χ0) is 22.9. The summed E-state index contributed by atoms with van der Waals surface area (Å²) in [7, 11) is 0. The average Bonchev–Trinajstić information content (AvgIpc) is 2.82. The number of hydrogen-bond donors (Lipinski definition) is 3. The summed E-state index contributed by atoms with van der Waals surface area (Å²) in [5, 5.41) is 8.48. The van der Waals surface area contributed by atoms with Crippen LogP contribution in [0.3, 0.4) is 0 Å². The van der Waals surface area contributed by atoms with Crippen molar-refractivity contribution in [1.29, 1.82) is 0 Å². The van der Waals surface area contributed by atoms with Crippen LogP contribution in [0.25, 0.3) is 0 Å². The minimum absolute atomic E-state index is 0.0836. The highest BCUT2D eigenvalue weighted by atomic mass is 16.2. The van der Waals surface area contributed by atoms with Crippen molar-refractivity contribution >= 4 is 23.4 Å². The second-order valence-electron chi connectivity index (χ2n) is 8.85. The topological polar surface area (TPSA) is 90.5 Å². The summed E-state index contributed by atoms with van der Waals surface area (Å²) in [6, 6.07) is 18.0. The van der Waals surface area contributed by atoms with Crippen LogP contribution in [0.2, 0.25) is 0 Å². The van der Waals surface area contributed by atoms with Gasteiger partial charge in [-0.15, -0.1) is 0 Å². The lowest BCUT2D eigenvalue weighted by atomic mass is 9.70. The molecule has 7 nitrogen and oxygen atoms in total. The third kappa shape index (κ3) is 3.99. The second-order valence-corrected chi connectivity index (χ2v) is 8.85. The summed E-state index contributed by atoms with van der Waals surface area (Å²) in [6.07, 6.45) is 1.49. The molecule has 2 aliphatic heterocycles. The number of fused-ring (bicyclic) bond motifs is 1. The third-order valence-corrected chi connectivity index (χ3v) is 6.86. The van der Waals surface area contributed by atoms with E-state index in [1.165, 1.54) is 5.56 Å². The number of nitrogens with zero attached hydrogens (tertiary/aromatic N) is 1. The smallest absolute Gasteiger partial charge is 0.323 e. The van der Waals surface area contributed by atoms with Gasteiger partial charge in [-0.3, -0.25) is 14.9 Å². The Balaban J connectivity index is 1.49. The molecular weight excluding hydrogens is 416 g/mol. The van der Waals surface area contributed by atoms with Crippen molar-refractivity contribution in [1.82, 2.24) is 16.0 Å². The lowest BCUT2D eigenvalue weighted by Gasteiger charge is -2.44. The Kier molecular flexibility index (Phi) is 5.62. The monoisotopic (exact) mass is 444 g/mol. The average molecular weight is 445 g/mol. The number of nitrogens with one attached hydrogen (secondary N) is 3. The van der Waals surface area contributed by atoms with Gasteiger partial charge in [-0.05, 0) is 43.0 Å². The summed E-state index contributed by atoms with van der Waals surface area (Å²) >= 11 is 0. The summed E-state index contributed by atoms with van der Waals surface area (Å²) in [5.74, 6) is -1.24. The van der Waals surface area contributed by atoms with Gasteiger partial charge in [0.05, 0.1) is 5.92 Å². The van der Waals surface area contributed by atoms with Gasteiger partial charge < -0.3 is 15.5 Å². The van der Waals surface area contributed by atoms with Crippen LogP contribution in [0.15, 0.2) is 65.9 Å². The highest BCUT2D eigenvalue weighted by molar-refractivity contribution is 6.03. The van der Waals surface area contributed by atoms with E-state index in [1.54, 1.807) is 0 Å². The molecule has 1 fully saturated rings. The fourth-order valence-corrected chi connectivity index (χ4v) is 5.28. The fraction of sp³-hybridized carbons (Fsp3) is 0.346. The Morgan fingerprint density at radius 2 is 1.70 bits per heavy atom. The van der Waals surface area contributed by atoms with Crippen molar-refractivity contribution in [3.8, 4) is 0 Å². The first-order valence-corrected chi connectivity index (χ1v) is 11.6. The molecule has 2 aromatic rings. The molecule has 3 amide bonds. The fourth-order valence-electron chi connectivity index (χ4n) is 5.28. The number of ketones is 1. The Hall–Kier alpha value is -3.61. The van der Waals surface area contributed by atoms with Crippen LogP contribution in [-0.4, -0.2) is 30.4 Å². The molecule has 0 aromatic heterocycles. The van der Waals surface area contributed by atoms with E-state index in [1.807, 2.05) is 30.3 Å². The number of urea groups is 1. The molecule has 0 saturated carbocycles. The molecule has 1 aliphatic carbocycles. The number of anilines is 1. The minimum Gasteiger partial charge on any atom is -0.368 e. The summed E-state index contributed by atoms with van der Waals surface area (Å²) in [6.45, 7) is 3.78. The number of rotatable bonds is 5. The highest BCUT2D eigenvalue weighted by Crippen LogP contribution is 2.43. The van der Waals surface area contributed by atoms with Gasteiger partial charge in [-0.1, -0.05) is 42.5 Å². The van der Waals surface area contributed by atoms with Gasteiger partial charge in [-0.25, -0.2) is 4.79 Å². The standard InChI is InChI=1S/C26H28N4O3/c1-2-30(15-16-7-4-3-5-8-16)18-13-11-17(12-14-18)21-22-19(9-6-10-20(22)31)27-24-23(21)25(32)29-26(33)28-24/h3-5,7-8,11-14,21,23-24,27H,2,6,9-10,15H2,1H3,(H2,28,29,32,33). The van der Waals surface area contributed by atoms with Gasteiger partial charge in [0.15, 0.2) is 5.78 Å². The molecule has 2 aromatic carbocycles. The van der Waals surface area contributed by atoms with E-state index in [0.717, 1.165) is 42.9 Å². The Bertz CT molecular complexity index is 1110. The molecule has 2 heterocycles. The van der Waals surface area contributed by atoms with Crippen molar-refractivity contribution in [2.75, 3.05) is 11.4 Å². The minimum atomic E-state index is -0.582. The number of imide groups is 1. The number of benzene rings is 2. The zero-order valence-corrected chi connectivity index (χ0v) is 18.6. The van der Waals surface area contributed by atoms with Crippen LogP contribution in [0.5, 0.6) is 0 Å². The second kappa shape index (κ2) is 8.73. The van der Waals surface area contributed by atoms with Crippen LogP contribution in [-0.2, 0) is 16.1 Å². The van der Waals surface area contributed by atoms with Crippen molar-refractivity contribution in [2.24, 2.45) is 5.92 Å². The molecule has 0 radical (unpaired) electrons. The first kappa shape index (κ1) is 21.2. The maximum Gasteiger partial charge on any atom is 0.323 e. The van der Waals surface area contributed by atoms with Gasteiger partial charge in [0, 0.05) is 42.4 Å². The van der Waals surface area contributed by atoms with Crippen molar-refractivity contribution in [2.45, 2.75) is 44.8 Å². The molecule has 0 spiro atoms. The van der Waals surface area contributed by atoms with Gasteiger partial charge >= 0.3 is 6.03 Å². The van der Waals surface area contributed by atoms with Crippen LogP contribution in [0.1, 0.15) is 43.2 Å². The molecule has 170 valence electrons. The van der Waals surface area contributed by atoms with Crippen molar-refractivity contribution in [3.05, 3.63) is 77.0 Å². The molecule has 1 saturated heterocycles. The highest BCUT2D eigenvalue weighted by Gasteiger charge is 2.48. The molecule has 3 unspecified atom stereocenters. The zero-order valence-electron chi connectivity index (χ0n) is 18.6. The molecule has 0 bridgehead atoms. The van der Waals surface area contributed by atoms with E-state index in [9.17, 15) is 14.4 Å². The maximum absolute atomic E-state index is 13.0. The molecule has 5 rings (SSSR count). The number of amides is 3. The van der Waals surface area contributed by atoms with Gasteiger partial charge in [0.25, 0.3) is 0 Å². The number of carbonyl (C=O) groups excluding carboxylic acids is 3. The molecule has 3 N–H and O–H groups in total. The van der Waals surface area contributed by atoms with Gasteiger partial charge in [0.1, 0.15) is 6.17 Å².